The van der Waals surface area contributed by atoms with Gasteiger partial charge in [-0.15, -0.1) is 0 Å². The zero-order valence-electron chi connectivity index (χ0n) is 13.7. The Kier molecular flexibility index (Phi) is 4.41. The molecule has 0 spiro atoms. The molecule has 0 aliphatic carbocycles. The van der Waals surface area contributed by atoms with Crippen LogP contribution < -0.4 is 10.6 Å². The third-order valence-electron chi connectivity index (χ3n) is 4.16. The molecule has 1 amide bonds. The largest absolute Gasteiger partial charge is 0.378 e. The number of hydrogen-bond donors (Lipinski definition) is 2. The number of rotatable bonds is 4. The van der Waals surface area contributed by atoms with E-state index in [1.165, 1.54) is 0 Å². The van der Waals surface area contributed by atoms with Crippen molar-refractivity contribution in [3.8, 4) is 5.82 Å². The predicted octanol–water partition coefficient (Wildman–Crippen LogP) is 1.74. The maximum Gasteiger partial charge on any atom is 0.226 e. The van der Waals surface area contributed by atoms with E-state index in [1.807, 2.05) is 41.0 Å². The number of pyridine rings is 1. The van der Waals surface area contributed by atoms with Gasteiger partial charge >= 0.3 is 0 Å². The number of benzene rings is 1. The number of imidazole rings is 1. The summed E-state index contributed by atoms with van der Waals surface area (Å²) < 4.78 is 7.28. The van der Waals surface area contributed by atoms with Crippen LogP contribution in [-0.4, -0.2) is 46.2 Å². The molecule has 4 rings (SSSR count). The highest BCUT2D eigenvalue weighted by atomic mass is 16.5. The zero-order valence-corrected chi connectivity index (χ0v) is 13.7. The molecule has 1 atom stereocenters. The SMILES string of the molecule is O=C(CC1COCCN1)Nc1ccc(-n2cnc3ccccc32)nc1. The molecule has 2 N–H and O–H groups in total. The van der Waals surface area contributed by atoms with Crippen molar-refractivity contribution in [3.05, 3.63) is 48.9 Å². The van der Waals surface area contributed by atoms with Gasteiger partial charge in [-0.1, -0.05) is 12.1 Å². The molecule has 1 aliphatic heterocycles. The molecule has 1 fully saturated rings. The summed E-state index contributed by atoms with van der Waals surface area (Å²) in [5.74, 6) is 0.708. The smallest absolute Gasteiger partial charge is 0.226 e. The van der Waals surface area contributed by atoms with Crippen molar-refractivity contribution in [1.82, 2.24) is 19.9 Å². The van der Waals surface area contributed by atoms with Crippen LogP contribution in [0.1, 0.15) is 6.42 Å². The number of anilines is 1. The number of carbonyl (C=O) groups excluding carboxylic acids is 1. The van der Waals surface area contributed by atoms with E-state index in [2.05, 4.69) is 20.6 Å². The first-order chi connectivity index (χ1) is 12.3. The van der Waals surface area contributed by atoms with Gasteiger partial charge in [0.2, 0.25) is 5.91 Å². The van der Waals surface area contributed by atoms with Gasteiger partial charge in [-0.05, 0) is 24.3 Å². The number of para-hydroxylation sites is 2. The summed E-state index contributed by atoms with van der Waals surface area (Å²) in [6.45, 7) is 2.05. The second-order valence-corrected chi connectivity index (χ2v) is 5.99. The number of aromatic nitrogens is 3. The fourth-order valence-electron chi connectivity index (χ4n) is 2.93. The monoisotopic (exact) mass is 337 g/mol. The van der Waals surface area contributed by atoms with Crippen molar-refractivity contribution in [3.63, 3.8) is 0 Å². The lowest BCUT2D eigenvalue weighted by Gasteiger charge is -2.23. The molecule has 7 heteroatoms. The van der Waals surface area contributed by atoms with Gasteiger partial charge in [0.25, 0.3) is 0 Å². The minimum Gasteiger partial charge on any atom is -0.378 e. The predicted molar refractivity (Wildman–Crippen MR) is 94.7 cm³/mol. The lowest BCUT2D eigenvalue weighted by atomic mass is 10.2. The van der Waals surface area contributed by atoms with Crippen LogP contribution in [0.2, 0.25) is 0 Å². The van der Waals surface area contributed by atoms with Gasteiger partial charge < -0.3 is 15.4 Å². The Bertz CT molecular complexity index is 869. The van der Waals surface area contributed by atoms with Crippen molar-refractivity contribution >= 4 is 22.6 Å². The number of ether oxygens (including phenoxy) is 1. The molecule has 128 valence electrons. The number of fused-ring (bicyclic) bond motifs is 1. The van der Waals surface area contributed by atoms with Gasteiger partial charge in [0, 0.05) is 19.0 Å². The summed E-state index contributed by atoms with van der Waals surface area (Å²) in [5, 5.41) is 6.15. The molecular weight excluding hydrogens is 318 g/mol. The van der Waals surface area contributed by atoms with E-state index < -0.39 is 0 Å². The first-order valence-corrected chi connectivity index (χ1v) is 8.29. The molecule has 2 aromatic heterocycles. The molecule has 0 bridgehead atoms. The van der Waals surface area contributed by atoms with Crippen LogP contribution in [0.4, 0.5) is 5.69 Å². The van der Waals surface area contributed by atoms with E-state index in [1.54, 1.807) is 12.5 Å². The standard InChI is InChI=1S/C18H19N5O2/c24-18(9-14-11-25-8-7-19-14)22-13-5-6-17(20-10-13)23-12-21-15-3-1-2-4-16(15)23/h1-6,10,12,14,19H,7-9,11H2,(H,22,24). The number of carbonyl (C=O) groups is 1. The summed E-state index contributed by atoms with van der Waals surface area (Å²) in [5.41, 5.74) is 2.59. The lowest BCUT2D eigenvalue weighted by Crippen LogP contribution is -2.43. The zero-order chi connectivity index (χ0) is 17.1. The number of nitrogens with zero attached hydrogens (tertiary/aromatic N) is 3. The lowest BCUT2D eigenvalue weighted by molar-refractivity contribution is -0.117. The first kappa shape index (κ1) is 15.7. The Morgan fingerprint density at radius 1 is 1.28 bits per heavy atom. The topological polar surface area (TPSA) is 81.1 Å². The van der Waals surface area contributed by atoms with E-state index in [-0.39, 0.29) is 11.9 Å². The number of hydrogen-bond acceptors (Lipinski definition) is 5. The van der Waals surface area contributed by atoms with Crippen molar-refractivity contribution < 1.29 is 9.53 Å². The fraction of sp³-hybridized carbons (Fsp3) is 0.278. The van der Waals surface area contributed by atoms with Crippen LogP contribution in [0.15, 0.2) is 48.9 Å². The van der Waals surface area contributed by atoms with Gasteiger partial charge in [-0.3, -0.25) is 9.36 Å². The van der Waals surface area contributed by atoms with E-state index in [9.17, 15) is 4.79 Å². The fourth-order valence-corrected chi connectivity index (χ4v) is 2.93. The molecule has 0 radical (unpaired) electrons. The van der Waals surface area contributed by atoms with E-state index in [4.69, 9.17) is 4.74 Å². The minimum absolute atomic E-state index is 0.0503. The quantitative estimate of drug-likeness (QED) is 0.758. The molecule has 1 unspecified atom stereocenters. The summed E-state index contributed by atoms with van der Waals surface area (Å²) in [4.78, 5) is 20.9. The molecule has 1 aliphatic rings. The van der Waals surface area contributed by atoms with E-state index in [0.717, 1.165) is 23.4 Å². The highest BCUT2D eigenvalue weighted by Gasteiger charge is 2.17. The van der Waals surface area contributed by atoms with Crippen molar-refractivity contribution in [1.29, 1.82) is 0 Å². The van der Waals surface area contributed by atoms with Crippen LogP contribution in [0.25, 0.3) is 16.9 Å². The molecule has 1 aromatic carbocycles. The van der Waals surface area contributed by atoms with Gasteiger partial charge in [0.15, 0.2) is 0 Å². The Hall–Kier alpha value is -2.77. The highest BCUT2D eigenvalue weighted by molar-refractivity contribution is 5.91. The molecule has 25 heavy (non-hydrogen) atoms. The second kappa shape index (κ2) is 7.00. The maximum absolute atomic E-state index is 12.1. The van der Waals surface area contributed by atoms with Crippen LogP contribution in [-0.2, 0) is 9.53 Å². The molecule has 3 aromatic rings. The molecule has 3 heterocycles. The Morgan fingerprint density at radius 2 is 2.20 bits per heavy atom. The van der Waals surface area contributed by atoms with Gasteiger partial charge in [0.1, 0.15) is 12.1 Å². The third-order valence-corrected chi connectivity index (χ3v) is 4.16. The average Bonchev–Trinajstić information content (AvgIpc) is 3.07. The van der Waals surface area contributed by atoms with Gasteiger partial charge in [-0.25, -0.2) is 9.97 Å². The number of amides is 1. The average molecular weight is 337 g/mol. The number of morpholine rings is 1. The van der Waals surface area contributed by atoms with E-state index >= 15 is 0 Å². The number of nitrogens with one attached hydrogen (secondary N) is 2. The third kappa shape index (κ3) is 3.52. The molecule has 1 saturated heterocycles. The molecule has 7 nitrogen and oxygen atoms in total. The summed E-state index contributed by atoms with van der Waals surface area (Å²) in [6, 6.07) is 11.7. The van der Waals surface area contributed by atoms with Crippen molar-refractivity contribution in [2.24, 2.45) is 0 Å². The van der Waals surface area contributed by atoms with Gasteiger partial charge in [0.05, 0.1) is 36.1 Å². The summed E-state index contributed by atoms with van der Waals surface area (Å²) >= 11 is 0. The highest BCUT2D eigenvalue weighted by Crippen LogP contribution is 2.17. The Labute approximate surface area is 145 Å². The first-order valence-electron chi connectivity index (χ1n) is 8.29. The summed E-state index contributed by atoms with van der Waals surface area (Å²) in [7, 11) is 0. The Morgan fingerprint density at radius 3 is 3.00 bits per heavy atom. The van der Waals surface area contributed by atoms with E-state index in [0.29, 0.717) is 25.3 Å². The van der Waals surface area contributed by atoms with Crippen LogP contribution in [0.5, 0.6) is 0 Å². The maximum atomic E-state index is 12.1. The van der Waals surface area contributed by atoms with Crippen molar-refractivity contribution in [2.45, 2.75) is 12.5 Å². The molecule has 0 saturated carbocycles. The Balaban J connectivity index is 1.44. The molecular formula is C18H19N5O2. The second-order valence-electron chi connectivity index (χ2n) is 5.99. The summed E-state index contributed by atoms with van der Waals surface area (Å²) in [6.07, 6.45) is 3.79. The minimum atomic E-state index is -0.0503. The van der Waals surface area contributed by atoms with Crippen LogP contribution >= 0.6 is 0 Å². The normalized spacial score (nSPS) is 17.5. The van der Waals surface area contributed by atoms with Crippen molar-refractivity contribution in [2.75, 3.05) is 25.1 Å². The van der Waals surface area contributed by atoms with Gasteiger partial charge in [-0.2, -0.15) is 0 Å². The van der Waals surface area contributed by atoms with Crippen LogP contribution in [0, 0.1) is 0 Å². The van der Waals surface area contributed by atoms with Crippen LogP contribution in [0.3, 0.4) is 0 Å².